The van der Waals surface area contributed by atoms with Crippen LogP contribution in [0.15, 0.2) is 24.4 Å². The molecule has 5 nitrogen and oxygen atoms in total. The Morgan fingerprint density at radius 2 is 2.48 bits per heavy atom. The molecule has 1 saturated heterocycles. The first-order valence-electron chi connectivity index (χ1n) is 7.27. The van der Waals surface area contributed by atoms with Gasteiger partial charge in [-0.1, -0.05) is 12.0 Å². The van der Waals surface area contributed by atoms with E-state index < -0.39 is 0 Å². The number of carbonyl (C=O) groups is 1. The Labute approximate surface area is 125 Å². The molecule has 0 spiro atoms. The molecular formula is C16H21N3O2. The number of nitrogens with one attached hydrogen (secondary N) is 1. The molecule has 0 aliphatic carbocycles. The van der Waals surface area contributed by atoms with Crippen molar-refractivity contribution in [3.8, 4) is 12.3 Å². The van der Waals surface area contributed by atoms with Gasteiger partial charge in [0.2, 0.25) is 0 Å². The number of amides is 2. The quantitative estimate of drug-likeness (QED) is 0.806. The third-order valence-corrected chi connectivity index (χ3v) is 3.40. The molecule has 21 heavy (non-hydrogen) atoms. The maximum Gasteiger partial charge on any atom is 0.318 e. The van der Waals surface area contributed by atoms with Gasteiger partial charge in [0.1, 0.15) is 0 Å². The van der Waals surface area contributed by atoms with Gasteiger partial charge in [0, 0.05) is 38.0 Å². The van der Waals surface area contributed by atoms with E-state index in [1.165, 1.54) is 0 Å². The van der Waals surface area contributed by atoms with E-state index in [0.29, 0.717) is 26.1 Å². The number of aromatic nitrogens is 1. The highest BCUT2D eigenvalue weighted by molar-refractivity contribution is 5.74. The Hall–Kier alpha value is -2.06. The smallest absolute Gasteiger partial charge is 0.318 e. The third kappa shape index (κ3) is 5.09. The zero-order valence-electron chi connectivity index (χ0n) is 12.1. The highest BCUT2D eigenvalue weighted by Crippen LogP contribution is 2.13. The number of urea groups is 1. The van der Waals surface area contributed by atoms with E-state index in [9.17, 15) is 4.79 Å². The number of nitrogens with zero attached hydrogens (tertiary/aromatic N) is 2. The minimum atomic E-state index is -0.139. The first-order valence-corrected chi connectivity index (χ1v) is 7.27. The molecule has 0 saturated carbocycles. The van der Waals surface area contributed by atoms with Crippen molar-refractivity contribution in [1.29, 1.82) is 0 Å². The summed E-state index contributed by atoms with van der Waals surface area (Å²) in [6.07, 6.45) is 9.94. The molecule has 0 aromatic carbocycles. The standard InChI is InChI=1S/C16H21N3O2/c1-2-11-19(13-15-7-5-12-21-15)16(20)18-10-8-14-6-3-4-9-17-14/h1,3-4,6,9,15H,5,7-8,10-13H2,(H,18,20). The second-order valence-corrected chi connectivity index (χ2v) is 5.02. The van der Waals surface area contributed by atoms with E-state index >= 15 is 0 Å². The molecule has 5 heteroatoms. The molecule has 1 fully saturated rings. The van der Waals surface area contributed by atoms with Crippen LogP contribution in [0, 0.1) is 12.3 Å². The summed E-state index contributed by atoms with van der Waals surface area (Å²) in [5.74, 6) is 2.53. The molecule has 2 heterocycles. The van der Waals surface area contributed by atoms with Gasteiger partial charge >= 0.3 is 6.03 Å². The van der Waals surface area contributed by atoms with Crippen LogP contribution in [-0.2, 0) is 11.2 Å². The van der Waals surface area contributed by atoms with Gasteiger partial charge in [-0.15, -0.1) is 6.42 Å². The van der Waals surface area contributed by atoms with Crippen molar-refractivity contribution in [1.82, 2.24) is 15.2 Å². The van der Waals surface area contributed by atoms with Gasteiger partial charge in [0.15, 0.2) is 0 Å². The van der Waals surface area contributed by atoms with Crippen LogP contribution in [0.1, 0.15) is 18.5 Å². The lowest BCUT2D eigenvalue weighted by Gasteiger charge is -2.23. The van der Waals surface area contributed by atoms with Gasteiger partial charge in [0.05, 0.1) is 12.6 Å². The van der Waals surface area contributed by atoms with Crippen LogP contribution >= 0.6 is 0 Å². The Kier molecular flexibility index (Phi) is 6.04. The predicted octanol–water partition coefficient (Wildman–Crippen LogP) is 1.45. The fourth-order valence-corrected chi connectivity index (χ4v) is 2.32. The largest absolute Gasteiger partial charge is 0.376 e. The topological polar surface area (TPSA) is 54.5 Å². The van der Waals surface area contributed by atoms with Crippen molar-refractivity contribution in [2.45, 2.75) is 25.4 Å². The lowest BCUT2D eigenvalue weighted by atomic mass is 10.2. The van der Waals surface area contributed by atoms with E-state index in [1.54, 1.807) is 11.1 Å². The lowest BCUT2D eigenvalue weighted by Crippen LogP contribution is -2.44. The van der Waals surface area contributed by atoms with Crippen molar-refractivity contribution in [2.24, 2.45) is 0 Å². The molecule has 0 radical (unpaired) electrons. The van der Waals surface area contributed by atoms with Gasteiger partial charge in [-0.05, 0) is 25.0 Å². The van der Waals surface area contributed by atoms with Gasteiger partial charge in [-0.25, -0.2) is 4.79 Å². The average molecular weight is 287 g/mol. The number of hydrogen-bond acceptors (Lipinski definition) is 3. The van der Waals surface area contributed by atoms with E-state index in [-0.39, 0.29) is 12.1 Å². The minimum absolute atomic E-state index is 0.111. The van der Waals surface area contributed by atoms with Gasteiger partial charge in [0.25, 0.3) is 0 Å². The fourth-order valence-electron chi connectivity index (χ4n) is 2.32. The Balaban J connectivity index is 1.76. The summed E-state index contributed by atoms with van der Waals surface area (Å²) in [5, 5.41) is 2.89. The summed E-state index contributed by atoms with van der Waals surface area (Å²) in [7, 11) is 0. The molecule has 2 amide bonds. The van der Waals surface area contributed by atoms with E-state index in [2.05, 4.69) is 16.2 Å². The van der Waals surface area contributed by atoms with Crippen LogP contribution in [0.2, 0.25) is 0 Å². The fraction of sp³-hybridized carbons (Fsp3) is 0.500. The normalized spacial score (nSPS) is 17.2. The van der Waals surface area contributed by atoms with Gasteiger partial charge < -0.3 is 15.0 Å². The molecule has 1 aliphatic rings. The van der Waals surface area contributed by atoms with E-state index in [1.807, 2.05) is 18.2 Å². The van der Waals surface area contributed by atoms with Crippen LogP contribution in [0.4, 0.5) is 4.79 Å². The van der Waals surface area contributed by atoms with Crippen LogP contribution in [0.5, 0.6) is 0 Å². The Morgan fingerprint density at radius 3 is 3.14 bits per heavy atom. The highest BCUT2D eigenvalue weighted by Gasteiger charge is 2.21. The molecular weight excluding hydrogens is 266 g/mol. The second kappa shape index (κ2) is 8.28. The summed E-state index contributed by atoms with van der Waals surface area (Å²) < 4.78 is 5.55. The molecule has 0 bridgehead atoms. The third-order valence-electron chi connectivity index (χ3n) is 3.40. The zero-order valence-corrected chi connectivity index (χ0v) is 12.1. The van der Waals surface area contributed by atoms with Crippen LogP contribution in [0.3, 0.4) is 0 Å². The average Bonchev–Trinajstić information content (AvgIpc) is 3.01. The Morgan fingerprint density at radius 1 is 1.57 bits per heavy atom. The maximum absolute atomic E-state index is 12.2. The number of ether oxygens (including phenoxy) is 1. The van der Waals surface area contributed by atoms with E-state index in [4.69, 9.17) is 11.2 Å². The number of rotatable bonds is 6. The number of hydrogen-bond donors (Lipinski definition) is 1. The molecule has 2 rings (SSSR count). The van der Waals surface area contributed by atoms with Crippen molar-refractivity contribution in [3.63, 3.8) is 0 Å². The van der Waals surface area contributed by atoms with Crippen LogP contribution in [-0.4, -0.2) is 48.3 Å². The maximum atomic E-state index is 12.2. The van der Waals surface area contributed by atoms with Crippen molar-refractivity contribution < 1.29 is 9.53 Å². The first kappa shape index (κ1) is 15.3. The molecule has 1 unspecified atom stereocenters. The van der Waals surface area contributed by atoms with Gasteiger partial charge in [-0.2, -0.15) is 0 Å². The van der Waals surface area contributed by atoms with Crippen LogP contribution in [0.25, 0.3) is 0 Å². The van der Waals surface area contributed by atoms with Crippen molar-refractivity contribution >= 4 is 6.03 Å². The summed E-state index contributed by atoms with van der Waals surface area (Å²) in [5.41, 5.74) is 0.959. The summed E-state index contributed by atoms with van der Waals surface area (Å²) in [4.78, 5) is 18.0. The lowest BCUT2D eigenvalue weighted by molar-refractivity contribution is 0.0846. The Bertz CT molecular complexity index is 478. The minimum Gasteiger partial charge on any atom is -0.376 e. The van der Waals surface area contributed by atoms with Crippen LogP contribution < -0.4 is 5.32 Å². The monoisotopic (exact) mass is 287 g/mol. The molecule has 112 valence electrons. The van der Waals surface area contributed by atoms with Gasteiger partial charge in [-0.3, -0.25) is 4.98 Å². The summed E-state index contributed by atoms with van der Waals surface area (Å²) in [6.45, 7) is 2.17. The number of pyridine rings is 1. The van der Waals surface area contributed by atoms with Crippen molar-refractivity contribution in [2.75, 3.05) is 26.2 Å². The molecule has 1 aromatic rings. The first-order chi connectivity index (χ1) is 10.3. The number of carbonyl (C=O) groups excluding carboxylic acids is 1. The zero-order chi connectivity index (χ0) is 14.9. The van der Waals surface area contributed by atoms with E-state index in [0.717, 1.165) is 25.1 Å². The molecule has 1 N–H and O–H groups in total. The molecule has 1 atom stereocenters. The number of terminal acetylenes is 1. The van der Waals surface area contributed by atoms with Crippen molar-refractivity contribution in [3.05, 3.63) is 30.1 Å². The molecule has 1 aromatic heterocycles. The predicted molar refractivity (Wildman–Crippen MR) is 80.7 cm³/mol. The summed E-state index contributed by atoms with van der Waals surface area (Å²) >= 11 is 0. The second-order valence-electron chi connectivity index (χ2n) is 5.02. The molecule has 1 aliphatic heterocycles. The highest BCUT2D eigenvalue weighted by atomic mass is 16.5. The SMILES string of the molecule is C#CCN(CC1CCCO1)C(=O)NCCc1ccccn1. The summed E-state index contributed by atoms with van der Waals surface area (Å²) in [6, 6.07) is 5.61.